The standard InChI is InChI=1S/C11H15ClN2.C8H6ClNOS.CH4O/c1-13-5-7-14(8-6-13)11-4-2-3-10(12)9-11;9-8-3-7(10-5-12)2-1-6(8)4-11;1-2/h2-4,9H,5-8H2,1H3;1-5H,(H,10,12);2H,1H3. The number of carbonyl (C=O) groups is 1. The van der Waals surface area contributed by atoms with Crippen LogP contribution in [0.25, 0.3) is 0 Å². The molecule has 2 aromatic carbocycles. The number of piperazine rings is 1. The highest BCUT2D eigenvalue weighted by Crippen LogP contribution is 2.20. The van der Waals surface area contributed by atoms with E-state index in [2.05, 4.69) is 40.4 Å². The Morgan fingerprint density at radius 1 is 1.07 bits per heavy atom. The fraction of sp³-hybridized carbons (Fsp3) is 0.300. The Hall–Kier alpha value is -1.70. The molecule has 1 fully saturated rings. The number of nitrogens with one attached hydrogen (secondary N) is 1. The highest BCUT2D eigenvalue weighted by molar-refractivity contribution is 7.79. The van der Waals surface area contributed by atoms with E-state index in [1.54, 1.807) is 18.2 Å². The first-order valence-corrected chi connectivity index (χ1v) is 9.85. The Labute approximate surface area is 181 Å². The highest BCUT2D eigenvalue weighted by atomic mass is 35.5. The number of nitrogens with zero attached hydrogens (tertiary/aromatic N) is 2. The minimum atomic E-state index is 0.423. The fourth-order valence-corrected chi connectivity index (χ4v) is 3.06. The molecule has 0 amide bonds. The summed E-state index contributed by atoms with van der Waals surface area (Å²) >= 11 is 16.3. The van der Waals surface area contributed by atoms with Gasteiger partial charge in [-0.2, -0.15) is 0 Å². The summed E-state index contributed by atoms with van der Waals surface area (Å²) in [5.41, 5.74) is 3.88. The van der Waals surface area contributed by atoms with Crippen molar-refractivity contribution in [3.63, 3.8) is 0 Å². The van der Waals surface area contributed by atoms with Crippen LogP contribution in [0, 0.1) is 0 Å². The summed E-state index contributed by atoms with van der Waals surface area (Å²) in [6.45, 7) is 4.45. The normalized spacial score (nSPS) is 13.4. The van der Waals surface area contributed by atoms with Gasteiger partial charge in [0.05, 0.1) is 10.5 Å². The molecule has 1 saturated heterocycles. The molecule has 3 rings (SSSR count). The number of halogens is 2. The molecular weight excluding hydrogens is 417 g/mol. The van der Waals surface area contributed by atoms with Crippen molar-refractivity contribution in [2.75, 3.05) is 50.6 Å². The summed E-state index contributed by atoms with van der Waals surface area (Å²) in [6, 6.07) is 13.1. The van der Waals surface area contributed by atoms with Gasteiger partial charge in [-0.15, -0.1) is 0 Å². The lowest BCUT2D eigenvalue weighted by molar-refractivity contribution is 0.112. The van der Waals surface area contributed by atoms with Crippen molar-refractivity contribution >= 4 is 58.6 Å². The molecule has 0 atom stereocenters. The molecule has 0 aromatic heterocycles. The minimum absolute atomic E-state index is 0.423. The van der Waals surface area contributed by atoms with Crippen LogP contribution in [-0.4, -0.2) is 62.1 Å². The molecule has 0 spiro atoms. The number of hydrogen-bond donors (Lipinski definition) is 2. The van der Waals surface area contributed by atoms with Crippen LogP contribution in [0.5, 0.6) is 0 Å². The molecule has 0 aliphatic carbocycles. The third-order valence-electron chi connectivity index (χ3n) is 4.03. The minimum Gasteiger partial charge on any atom is -0.400 e. The smallest absolute Gasteiger partial charge is 0.151 e. The van der Waals surface area contributed by atoms with Crippen LogP contribution in [0.4, 0.5) is 11.4 Å². The van der Waals surface area contributed by atoms with Crippen LogP contribution in [0.3, 0.4) is 0 Å². The van der Waals surface area contributed by atoms with E-state index in [1.807, 2.05) is 18.2 Å². The molecule has 8 heteroatoms. The van der Waals surface area contributed by atoms with E-state index in [-0.39, 0.29) is 0 Å². The molecule has 1 aliphatic heterocycles. The number of aldehydes is 1. The predicted octanol–water partition coefficient (Wildman–Crippen LogP) is 4.22. The number of aliphatic hydroxyl groups excluding tert-OH is 1. The lowest BCUT2D eigenvalue weighted by atomic mass is 10.2. The summed E-state index contributed by atoms with van der Waals surface area (Å²) in [5, 5.41) is 11.0. The number of carbonyl (C=O) groups excluding carboxylic acids is 1. The Morgan fingerprint density at radius 3 is 2.29 bits per heavy atom. The lowest BCUT2D eigenvalue weighted by Crippen LogP contribution is -2.44. The number of thiocarbonyl (C=S) groups is 1. The van der Waals surface area contributed by atoms with Crippen LogP contribution in [0.15, 0.2) is 42.5 Å². The average Bonchev–Trinajstić information content (AvgIpc) is 2.71. The molecule has 1 aliphatic rings. The van der Waals surface area contributed by atoms with E-state index in [1.165, 1.54) is 11.2 Å². The van der Waals surface area contributed by atoms with E-state index in [4.69, 9.17) is 28.3 Å². The first-order valence-electron chi connectivity index (χ1n) is 8.62. The van der Waals surface area contributed by atoms with Crippen molar-refractivity contribution < 1.29 is 9.90 Å². The first kappa shape index (κ1) is 24.3. The van der Waals surface area contributed by atoms with Crippen LogP contribution < -0.4 is 10.2 Å². The molecule has 2 N–H and O–H groups in total. The van der Waals surface area contributed by atoms with Gasteiger partial charge in [0.15, 0.2) is 6.29 Å². The van der Waals surface area contributed by atoms with Crippen molar-refractivity contribution in [3.05, 3.63) is 58.1 Å². The molecule has 0 radical (unpaired) electrons. The number of aliphatic hydroxyl groups is 1. The second-order valence-corrected chi connectivity index (χ2v) is 6.97. The van der Waals surface area contributed by atoms with E-state index < -0.39 is 0 Å². The summed E-state index contributed by atoms with van der Waals surface area (Å²) in [6.07, 6.45) is 0.712. The van der Waals surface area contributed by atoms with E-state index in [9.17, 15) is 4.79 Å². The summed E-state index contributed by atoms with van der Waals surface area (Å²) in [7, 11) is 3.16. The fourth-order valence-electron chi connectivity index (χ4n) is 2.52. The van der Waals surface area contributed by atoms with Gasteiger partial charge in [0.1, 0.15) is 0 Å². The quantitative estimate of drug-likeness (QED) is 0.546. The van der Waals surface area contributed by atoms with Gasteiger partial charge in [-0.3, -0.25) is 4.79 Å². The molecule has 0 saturated carbocycles. The largest absolute Gasteiger partial charge is 0.400 e. The number of rotatable bonds is 4. The Morgan fingerprint density at radius 2 is 1.75 bits per heavy atom. The van der Waals surface area contributed by atoms with Crippen molar-refractivity contribution in [2.45, 2.75) is 0 Å². The molecule has 5 nitrogen and oxygen atoms in total. The third-order valence-corrected chi connectivity index (χ3v) is 4.71. The SMILES string of the molecule is CN1CCN(c2cccc(Cl)c2)CC1.CO.O=Cc1ccc(NC=S)cc1Cl. The molecule has 28 heavy (non-hydrogen) atoms. The van der Waals surface area contributed by atoms with Gasteiger partial charge in [0.2, 0.25) is 0 Å². The maximum atomic E-state index is 10.4. The predicted molar refractivity (Wildman–Crippen MR) is 123 cm³/mol. The Balaban J connectivity index is 0.000000260. The molecular formula is C20H25Cl2N3O2S. The van der Waals surface area contributed by atoms with Gasteiger partial charge in [-0.1, -0.05) is 41.5 Å². The zero-order valence-electron chi connectivity index (χ0n) is 15.9. The second kappa shape index (κ2) is 13.5. The number of anilines is 2. The van der Waals surface area contributed by atoms with Crippen molar-refractivity contribution in [2.24, 2.45) is 0 Å². The van der Waals surface area contributed by atoms with Gasteiger partial charge in [0.25, 0.3) is 0 Å². The maximum Gasteiger partial charge on any atom is 0.151 e. The van der Waals surface area contributed by atoms with Gasteiger partial charge in [-0.25, -0.2) is 0 Å². The van der Waals surface area contributed by atoms with Gasteiger partial charge in [-0.05, 0) is 43.4 Å². The lowest BCUT2D eigenvalue weighted by Gasteiger charge is -2.34. The van der Waals surface area contributed by atoms with Crippen LogP contribution >= 0.6 is 35.4 Å². The third kappa shape index (κ3) is 8.12. The molecule has 1 heterocycles. The molecule has 2 aromatic rings. The summed E-state index contributed by atoms with van der Waals surface area (Å²) in [5.74, 6) is 0. The van der Waals surface area contributed by atoms with Gasteiger partial charge < -0.3 is 20.2 Å². The Kier molecular flexibility index (Phi) is 11.7. The van der Waals surface area contributed by atoms with E-state index in [0.717, 1.165) is 44.0 Å². The van der Waals surface area contributed by atoms with Crippen LogP contribution in [0.1, 0.15) is 10.4 Å². The van der Waals surface area contributed by atoms with E-state index >= 15 is 0 Å². The second-order valence-electron chi connectivity index (χ2n) is 5.89. The number of likely N-dealkylation sites (N-methyl/N-ethyl adjacent to an activating group) is 1. The van der Waals surface area contributed by atoms with E-state index in [0.29, 0.717) is 16.9 Å². The average molecular weight is 442 g/mol. The monoisotopic (exact) mass is 441 g/mol. The van der Waals surface area contributed by atoms with Crippen molar-refractivity contribution in [1.29, 1.82) is 0 Å². The van der Waals surface area contributed by atoms with Crippen LogP contribution in [0.2, 0.25) is 10.0 Å². The maximum absolute atomic E-state index is 10.4. The van der Waals surface area contributed by atoms with Crippen molar-refractivity contribution in [1.82, 2.24) is 4.90 Å². The summed E-state index contributed by atoms with van der Waals surface area (Å²) in [4.78, 5) is 15.1. The zero-order chi connectivity index (χ0) is 20.9. The van der Waals surface area contributed by atoms with Gasteiger partial charge >= 0.3 is 0 Å². The molecule has 152 valence electrons. The molecule has 0 bridgehead atoms. The Bertz CT molecular complexity index is 754. The topological polar surface area (TPSA) is 55.8 Å². The van der Waals surface area contributed by atoms with Gasteiger partial charge in [0, 0.05) is 55.2 Å². The molecule has 0 unspecified atom stereocenters. The van der Waals surface area contributed by atoms with Crippen LogP contribution in [-0.2, 0) is 0 Å². The number of benzene rings is 2. The number of hydrogen-bond acceptors (Lipinski definition) is 5. The zero-order valence-corrected chi connectivity index (χ0v) is 18.3. The summed E-state index contributed by atoms with van der Waals surface area (Å²) < 4.78 is 0. The highest BCUT2D eigenvalue weighted by Gasteiger charge is 2.13. The first-order chi connectivity index (χ1) is 13.5. The van der Waals surface area contributed by atoms with Crippen molar-refractivity contribution in [3.8, 4) is 0 Å².